The maximum atomic E-state index is 12.2. The highest BCUT2D eigenvalue weighted by atomic mass is 35.5. The Kier molecular flexibility index (Phi) is 8.97. The molecule has 1 saturated heterocycles. The summed E-state index contributed by atoms with van der Waals surface area (Å²) < 4.78 is 5.70. The van der Waals surface area contributed by atoms with E-state index in [4.69, 9.17) is 16.3 Å². The van der Waals surface area contributed by atoms with E-state index in [0.29, 0.717) is 23.7 Å². The van der Waals surface area contributed by atoms with Crippen LogP contribution in [-0.4, -0.2) is 56.0 Å². The van der Waals surface area contributed by atoms with Gasteiger partial charge in [-0.1, -0.05) is 43.6 Å². The first-order valence-electron chi connectivity index (χ1n) is 11.4. The lowest BCUT2D eigenvalue weighted by Gasteiger charge is -2.36. The van der Waals surface area contributed by atoms with Gasteiger partial charge in [-0.2, -0.15) is 0 Å². The predicted octanol–water partition coefficient (Wildman–Crippen LogP) is 3.51. The third-order valence-electron chi connectivity index (χ3n) is 5.76. The third-order valence-corrected chi connectivity index (χ3v) is 6.17. The molecule has 1 fully saturated rings. The summed E-state index contributed by atoms with van der Waals surface area (Å²) >= 11 is 6.21. The van der Waals surface area contributed by atoms with Crippen LogP contribution in [0.25, 0.3) is 0 Å². The van der Waals surface area contributed by atoms with Crippen LogP contribution in [0.5, 0.6) is 5.75 Å². The van der Waals surface area contributed by atoms with Crippen molar-refractivity contribution < 1.29 is 14.3 Å². The van der Waals surface area contributed by atoms with Gasteiger partial charge in [0.25, 0.3) is 5.91 Å². The van der Waals surface area contributed by atoms with Gasteiger partial charge in [-0.3, -0.25) is 25.3 Å². The van der Waals surface area contributed by atoms with Gasteiger partial charge in [0, 0.05) is 49.9 Å². The number of ether oxygens (including phenoxy) is 1. The molecule has 0 spiro atoms. The summed E-state index contributed by atoms with van der Waals surface area (Å²) in [6, 6.07) is 14.1. The number of para-hydroxylation sites is 1. The molecule has 0 radical (unpaired) electrons. The number of anilines is 1. The Morgan fingerprint density at radius 1 is 1.03 bits per heavy atom. The predicted molar refractivity (Wildman–Crippen MR) is 132 cm³/mol. The fraction of sp³-hybridized carbons (Fsp3) is 0.440. The van der Waals surface area contributed by atoms with Crippen molar-refractivity contribution in [3.8, 4) is 5.75 Å². The summed E-state index contributed by atoms with van der Waals surface area (Å²) in [7, 11) is 0. The quantitative estimate of drug-likeness (QED) is 0.575. The minimum Gasteiger partial charge on any atom is -0.483 e. The molecule has 2 amide bonds. The van der Waals surface area contributed by atoms with Crippen LogP contribution in [-0.2, 0) is 9.59 Å². The number of aryl methyl sites for hydroxylation is 1. The standard InChI is InChI=1S/C25H33ClN4O3/c1-18(2)21-16-22(26)19(3)15-23(21)33-17-25(32)28-27-24(31)9-10-29-11-13-30(14-12-29)20-7-5-4-6-8-20/h4-8,15-16,18H,9-14,17H2,1-3H3,(H,27,31)(H,28,32). The van der Waals surface area contributed by atoms with Crippen LogP contribution in [0, 0.1) is 6.92 Å². The molecule has 1 heterocycles. The second kappa shape index (κ2) is 11.9. The average Bonchev–Trinajstić information content (AvgIpc) is 2.82. The van der Waals surface area contributed by atoms with Gasteiger partial charge >= 0.3 is 0 Å². The molecule has 178 valence electrons. The first-order valence-corrected chi connectivity index (χ1v) is 11.7. The number of hydrogen-bond donors (Lipinski definition) is 2. The van der Waals surface area contributed by atoms with E-state index in [-0.39, 0.29) is 18.4 Å². The van der Waals surface area contributed by atoms with E-state index in [9.17, 15) is 9.59 Å². The van der Waals surface area contributed by atoms with E-state index in [2.05, 4.69) is 32.8 Å². The van der Waals surface area contributed by atoms with Crippen LogP contribution < -0.4 is 20.5 Å². The number of amides is 2. The van der Waals surface area contributed by atoms with E-state index < -0.39 is 5.91 Å². The van der Waals surface area contributed by atoms with Crippen molar-refractivity contribution in [1.82, 2.24) is 15.8 Å². The first-order chi connectivity index (χ1) is 15.8. The summed E-state index contributed by atoms with van der Waals surface area (Å²) in [5, 5.41) is 0.671. The molecule has 0 unspecified atom stereocenters. The number of halogens is 1. The lowest BCUT2D eigenvalue weighted by Crippen LogP contribution is -2.48. The SMILES string of the molecule is Cc1cc(OCC(=O)NNC(=O)CCN2CCN(c3ccccc3)CC2)c(C(C)C)cc1Cl. The van der Waals surface area contributed by atoms with Gasteiger partial charge in [0.2, 0.25) is 5.91 Å². The topological polar surface area (TPSA) is 73.9 Å². The highest BCUT2D eigenvalue weighted by Gasteiger charge is 2.18. The van der Waals surface area contributed by atoms with E-state index >= 15 is 0 Å². The Hall–Kier alpha value is -2.77. The van der Waals surface area contributed by atoms with Gasteiger partial charge < -0.3 is 9.64 Å². The van der Waals surface area contributed by atoms with E-state index in [1.165, 1.54) is 5.69 Å². The number of hydrazine groups is 1. The smallest absolute Gasteiger partial charge is 0.276 e. The number of carbonyl (C=O) groups is 2. The second-order valence-corrected chi connectivity index (χ2v) is 9.00. The number of nitrogens with zero attached hydrogens (tertiary/aromatic N) is 2. The Morgan fingerprint density at radius 3 is 2.36 bits per heavy atom. The number of hydrogen-bond acceptors (Lipinski definition) is 5. The molecular formula is C25H33ClN4O3. The van der Waals surface area contributed by atoms with Gasteiger partial charge in [-0.25, -0.2) is 0 Å². The summed E-state index contributed by atoms with van der Waals surface area (Å²) in [6.07, 6.45) is 0.320. The molecule has 7 nitrogen and oxygen atoms in total. The molecule has 3 rings (SSSR count). The van der Waals surface area contributed by atoms with Crippen LogP contribution in [0.15, 0.2) is 42.5 Å². The average molecular weight is 473 g/mol. The van der Waals surface area contributed by atoms with Crippen LogP contribution >= 0.6 is 11.6 Å². The van der Waals surface area contributed by atoms with E-state index in [1.54, 1.807) is 0 Å². The van der Waals surface area contributed by atoms with Crippen molar-refractivity contribution in [2.24, 2.45) is 0 Å². The van der Waals surface area contributed by atoms with Crippen LogP contribution in [0.3, 0.4) is 0 Å². The molecule has 1 aliphatic rings. The molecule has 2 aromatic carbocycles. The molecule has 1 aliphatic heterocycles. The van der Waals surface area contributed by atoms with Crippen LogP contribution in [0.1, 0.15) is 37.3 Å². The normalized spacial score (nSPS) is 14.3. The molecule has 33 heavy (non-hydrogen) atoms. The number of nitrogens with one attached hydrogen (secondary N) is 2. The maximum absolute atomic E-state index is 12.2. The van der Waals surface area contributed by atoms with Gasteiger partial charge in [-0.15, -0.1) is 0 Å². The number of piperazine rings is 1. The zero-order valence-electron chi connectivity index (χ0n) is 19.6. The van der Waals surface area contributed by atoms with E-state index in [1.807, 2.05) is 51.1 Å². The molecule has 0 aliphatic carbocycles. The fourth-order valence-corrected chi connectivity index (χ4v) is 3.93. The third kappa shape index (κ3) is 7.37. The Morgan fingerprint density at radius 2 is 1.70 bits per heavy atom. The van der Waals surface area contributed by atoms with Gasteiger partial charge in [0.1, 0.15) is 5.75 Å². The Bertz CT molecular complexity index is 944. The molecule has 0 aromatic heterocycles. The lowest BCUT2D eigenvalue weighted by molar-refractivity contribution is -0.130. The summed E-state index contributed by atoms with van der Waals surface area (Å²) in [5.41, 5.74) is 7.96. The molecule has 0 bridgehead atoms. The van der Waals surface area contributed by atoms with Crippen molar-refractivity contribution in [2.45, 2.75) is 33.1 Å². The van der Waals surface area contributed by atoms with Gasteiger partial charge in [-0.05, 0) is 48.2 Å². The van der Waals surface area contributed by atoms with E-state index in [0.717, 1.165) is 37.3 Å². The monoisotopic (exact) mass is 472 g/mol. The van der Waals surface area contributed by atoms with Gasteiger partial charge in [0.05, 0.1) is 0 Å². The highest BCUT2D eigenvalue weighted by molar-refractivity contribution is 6.31. The molecule has 8 heteroatoms. The zero-order valence-corrected chi connectivity index (χ0v) is 20.3. The summed E-state index contributed by atoms with van der Waals surface area (Å²) in [5.74, 6) is 0.194. The number of benzene rings is 2. The first kappa shape index (κ1) is 24.9. The highest BCUT2D eigenvalue weighted by Crippen LogP contribution is 2.31. The largest absolute Gasteiger partial charge is 0.483 e. The molecule has 0 saturated carbocycles. The number of carbonyl (C=O) groups excluding carboxylic acids is 2. The zero-order chi connectivity index (χ0) is 23.8. The summed E-state index contributed by atoms with van der Waals surface area (Å²) in [4.78, 5) is 28.9. The molecule has 2 N–H and O–H groups in total. The fourth-order valence-electron chi connectivity index (χ4n) is 3.76. The minimum absolute atomic E-state index is 0.192. The molecule has 2 aromatic rings. The summed E-state index contributed by atoms with van der Waals surface area (Å²) in [6.45, 7) is 10.1. The minimum atomic E-state index is -0.415. The lowest BCUT2D eigenvalue weighted by atomic mass is 10.0. The van der Waals surface area contributed by atoms with Crippen molar-refractivity contribution >= 4 is 29.1 Å². The number of rotatable bonds is 8. The van der Waals surface area contributed by atoms with Crippen LogP contribution in [0.2, 0.25) is 5.02 Å². The van der Waals surface area contributed by atoms with Gasteiger partial charge in [0.15, 0.2) is 6.61 Å². The second-order valence-electron chi connectivity index (χ2n) is 8.59. The van der Waals surface area contributed by atoms with Crippen molar-refractivity contribution in [2.75, 3.05) is 44.2 Å². The van der Waals surface area contributed by atoms with Crippen LogP contribution in [0.4, 0.5) is 5.69 Å². The van der Waals surface area contributed by atoms with Crippen molar-refractivity contribution in [3.63, 3.8) is 0 Å². The van der Waals surface area contributed by atoms with Crippen molar-refractivity contribution in [1.29, 1.82) is 0 Å². The Balaban J connectivity index is 1.35. The maximum Gasteiger partial charge on any atom is 0.276 e. The van der Waals surface area contributed by atoms with Crippen molar-refractivity contribution in [3.05, 3.63) is 58.6 Å². The molecular weight excluding hydrogens is 440 g/mol. The molecule has 0 atom stereocenters. The Labute approximate surface area is 201 Å².